The zero-order valence-electron chi connectivity index (χ0n) is 10.4. The number of hydrogen-bond donors (Lipinski definition) is 1. The van der Waals surface area contributed by atoms with Gasteiger partial charge in [0, 0.05) is 18.0 Å². The van der Waals surface area contributed by atoms with Gasteiger partial charge in [0.15, 0.2) is 0 Å². The number of pyridine rings is 1. The van der Waals surface area contributed by atoms with E-state index in [-0.39, 0.29) is 17.3 Å². The molecule has 1 aromatic heterocycles. The van der Waals surface area contributed by atoms with Gasteiger partial charge in [-0.05, 0) is 18.6 Å². The van der Waals surface area contributed by atoms with Crippen molar-refractivity contribution in [1.29, 1.82) is 0 Å². The number of nitrogens with zero attached hydrogens (tertiary/aromatic N) is 1. The van der Waals surface area contributed by atoms with Crippen LogP contribution in [0.3, 0.4) is 0 Å². The van der Waals surface area contributed by atoms with Crippen molar-refractivity contribution in [2.24, 2.45) is 5.41 Å². The molecule has 2 heterocycles. The van der Waals surface area contributed by atoms with E-state index in [9.17, 15) is 4.39 Å². The molecule has 4 heteroatoms. The maximum atomic E-state index is 12.8. The van der Waals surface area contributed by atoms with Crippen molar-refractivity contribution in [3.63, 3.8) is 0 Å². The van der Waals surface area contributed by atoms with Gasteiger partial charge in [-0.2, -0.15) is 0 Å². The summed E-state index contributed by atoms with van der Waals surface area (Å²) in [7, 11) is 0. The van der Waals surface area contributed by atoms with Crippen LogP contribution in [0.15, 0.2) is 18.3 Å². The molecule has 0 radical (unpaired) electrons. The molecule has 1 aliphatic heterocycles. The monoisotopic (exact) mass is 238 g/mol. The highest BCUT2D eigenvalue weighted by atomic mass is 19.1. The molecule has 1 N–H and O–H groups in total. The van der Waals surface area contributed by atoms with Crippen molar-refractivity contribution in [3.05, 3.63) is 29.8 Å². The van der Waals surface area contributed by atoms with Gasteiger partial charge in [-0.1, -0.05) is 13.8 Å². The van der Waals surface area contributed by atoms with Crippen LogP contribution in [-0.2, 0) is 4.74 Å². The van der Waals surface area contributed by atoms with Gasteiger partial charge >= 0.3 is 0 Å². The summed E-state index contributed by atoms with van der Waals surface area (Å²) in [4.78, 5) is 4.13. The van der Waals surface area contributed by atoms with E-state index in [0.717, 1.165) is 31.9 Å². The topological polar surface area (TPSA) is 34.1 Å². The third kappa shape index (κ3) is 3.01. The molecule has 1 atom stereocenters. The predicted molar refractivity (Wildman–Crippen MR) is 64.2 cm³/mol. The first-order chi connectivity index (χ1) is 8.13. The van der Waals surface area contributed by atoms with Gasteiger partial charge in [-0.25, -0.2) is 4.39 Å². The van der Waals surface area contributed by atoms with E-state index in [2.05, 4.69) is 24.1 Å². The van der Waals surface area contributed by atoms with Gasteiger partial charge in [0.05, 0.1) is 25.1 Å². The first kappa shape index (κ1) is 12.5. The van der Waals surface area contributed by atoms with E-state index in [1.165, 1.54) is 12.3 Å². The van der Waals surface area contributed by atoms with Crippen molar-refractivity contribution in [1.82, 2.24) is 10.3 Å². The Bertz CT molecular complexity index is 362. The summed E-state index contributed by atoms with van der Waals surface area (Å²) in [5, 5.41) is 3.48. The van der Waals surface area contributed by atoms with E-state index >= 15 is 0 Å². The summed E-state index contributed by atoms with van der Waals surface area (Å²) in [6.07, 6.45) is 2.21. The number of rotatable bonds is 5. The molecule has 1 saturated heterocycles. The third-order valence-corrected chi connectivity index (χ3v) is 3.19. The number of aromatic nitrogens is 1. The van der Waals surface area contributed by atoms with Crippen LogP contribution in [0.4, 0.5) is 4.39 Å². The predicted octanol–water partition coefficient (Wildman–Crippen LogP) is 2.30. The minimum atomic E-state index is -0.289. The number of hydrogen-bond acceptors (Lipinski definition) is 3. The van der Waals surface area contributed by atoms with Gasteiger partial charge in [-0.15, -0.1) is 0 Å². The summed E-state index contributed by atoms with van der Waals surface area (Å²) < 4.78 is 18.0. The van der Waals surface area contributed by atoms with Gasteiger partial charge in [0.1, 0.15) is 5.82 Å². The van der Waals surface area contributed by atoms with Gasteiger partial charge < -0.3 is 10.1 Å². The van der Waals surface area contributed by atoms with E-state index in [1.54, 1.807) is 6.07 Å². The molecule has 0 spiro atoms. The SMILES string of the molecule is CCC(NCC1(C)COC1)c1ccc(F)cn1. The Balaban J connectivity index is 1.94. The van der Waals surface area contributed by atoms with Crippen molar-refractivity contribution in [3.8, 4) is 0 Å². The molecular formula is C13H19FN2O. The molecule has 3 nitrogen and oxygen atoms in total. The first-order valence-electron chi connectivity index (χ1n) is 6.05. The lowest BCUT2D eigenvalue weighted by Crippen LogP contribution is -2.48. The Morgan fingerprint density at radius 3 is 2.76 bits per heavy atom. The van der Waals surface area contributed by atoms with Gasteiger partial charge in [-0.3, -0.25) is 4.98 Å². The van der Waals surface area contributed by atoms with Crippen molar-refractivity contribution >= 4 is 0 Å². The maximum Gasteiger partial charge on any atom is 0.141 e. The lowest BCUT2D eigenvalue weighted by molar-refractivity contribution is -0.100. The van der Waals surface area contributed by atoms with E-state index in [0.29, 0.717) is 0 Å². The molecule has 0 aliphatic carbocycles. The number of nitrogens with one attached hydrogen (secondary N) is 1. The van der Waals surface area contributed by atoms with E-state index in [1.807, 2.05) is 0 Å². The van der Waals surface area contributed by atoms with Crippen LogP contribution >= 0.6 is 0 Å². The molecule has 2 rings (SSSR count). The largest absolute Gasteiger partial charge is 0.380 e. The number of halogens is 1. The van der Waals surface area contributed by atoms with Crippen LogP contribution in [0.1, 0.15) is 32.0 Å². The van der Waals surface area contributed by atoms with Crippen LogP contribution in [0, 0.1) is 11.2 Å². The van der Waals surface area contributed by atoms with Crippen LogP contribution in [0.25, 0.3) is 0 Å². The molecule has 17 heavy (non-hydrogen) atoms. The summed E-state index contributed by atoms with van der Waals surface area (Å²) >= 11 is 0. The van der Waals surface area contributed by atoms with Crippen LogP contribution in [-0.4, -0.2) is 24.7 Å². The smallest absolute Gasteiger partial charge is 0.141 e. The van der Waals surface area contributed by atoms with E-state index < -0.39 is 0 Å². The maximum absolute atomic E-state index is 12.8. The highest BCUT2D eigenvalue weighted by Gasteiger charge is 2.33. The zero-order chi connectivity index (χ0) is 12.3. The lowest BCUT2D eigenvalue weighted by Gasteiger charge is -2.39. The molecule has 0 amide bonds. The molecule has 1 unspecified atom stereocenters. The molecule has 0 saturated carbocycles. The number of ether oxygens (including phenoxy) is 1. The highest BCUT2D eigenvalue weighted by molar-refractivity contribution is 5.10. The van der Waals surface area contributed by atoms with Crippen LogP contribution in [0.2, 0.25) is 0 Å². The highest BCUT2D eigenvalue weighted by Crippen LogP contribution is 2.26. The third-order valence-electron chi connectivity index (χ3n) is 3.19. The zero-order valence-corrected chi connectivity index (χ0v) is 10.4. The lowest BCUT2D eigenvalue weighted by atomic mass is 9.88. The standard InChI is InChI=1S/C13H19FN2O/c1-3-11(12-5-4-10(14)6-15-12)16-7-13(2)8-17-9-13/h4-6,11,16H,3,7-9H2,1-2H3. The molecule has 1 aromatic rings. The second kappa shape index (κ2) is 5.10. The summed E-state index contributed by atoms with van der Waals surface area (Å²) in [5.41, 5.74) is 1.14. The minimum Gasteiger partial charge on any atom is -0.380 e. The van der Waals surface area contributed by atoms with Crippen molar-refractivity contribution in [2.75, 3.05) is 19.8 Å². The molecule has 0 aromatic carbocycles. The molecule has 0 bridgehead atoms. The molecule has 1 fully saturated rings. The van der Waals surface area contributed by atoms with Crippen molar-refractivity contribution in [2.45, 2.75) is 26.3 Å². The summed E-state index contributed by atoms with van der Waals surface area (Å²) in [5.74, 6) is -0.289. The Kier molecular flexibility index (Phi) is 3.74. The van der Waals surface area contributed by atoms with Gasteiger partial charge in [0.2, 0.25) is 0 Å². The van der Waals surface area contributed by atoms with Crippen LogP contribution < -0.4 is 5.32 Å². The van der Waals surface area contributed by atoms with Crippen molar-refractivity contribution < 1.29 is 9.13 Å². The average molecular weight is 238 g/mol. The van der Waals surface area contributed by atoms with E-state index in [4.69, 9.17) is 4.74 Å². The molecular weight excluding hydrogens is 219 g/mol. The normalized spacial score (nSPS) is 19.7. The fourth-order valence-electron chi connectivity index (χ4n) is 1.97. The van der Waals surface area contributed by atoms with Crippen LogP contribution in [0.5, 0.6) is 0 Å². The fourth-order valence-corrected chi connectivity index (χ4v) is 1.97. The molecule has 1 aliphatic rings. The van der Waals surface area contributed by atoms with Gasteiger partial charge in [0.25, 0.3) is 0 Å². The fraction of sp³-hybridized carbons (Fsp3) is 0.615. The Hall–Kier alpha value is -1.00. The molecule has 94 valence electrons. The second-order valence-corrected chi connectivity index (χ2v) is 5.05. The summed E-state index contributed by atoms with van der Waals surface area (Å²) in [6, 6.07) is 3.39. The Labute approximate surface area is 101 Å². The average Bonchev–Trinajstić information content (AvgIpc) is 2.30. The minimum absolute atomic E-state index is 0.188. The Morgan fingerprint density at radius 2 is 2.29 bits per heavy atom. The second-order valence-electron chi connectivity index (χ2n) is 5.05. The first-order valence-corrected chi connectivity index (χ1v) is 6.05. The Morgan fingerprint density at radius 1 is 1.53 bits per heavy atom. The summed E-state index contributed by atoms with van der Waals surface area (Å²) in [6.45, 7) is 6.84. The quantitative estimate of drug-likeness (QED) is 0.854.